The molecule has 0 aliphatic carbocycles. The van der Waals surface area contributed by atoms with Crippen molar-refractivity contribution < 1.29 is 0 Å². The molecular weight excluding hydrogens is 347 g/mol. The van der Waals surface area contributed by atoms with E-state index in [9.17, 15) is 0 Å². The van der Waals surface area contributed by atoms with E-state index in [-0.39, 0.29) is 0 Å². The Morgan fingerprint density at radius 3 is 3.00 bits per heavy atom. The molecular formula is C16H16Cl2N6. The van der Waals surface area contributed by atoms with Gasteiger partial charge in [-0.3, -0.25) is 4.90 Å². The van der Waals surface area contributed by atoms with E-state index in [2.05, 4.69) is 25.3 Å². The zero-order valence-corrected chi connectivity index (χ0v) is 14.4. The van der Waals surface area contributed by atoms with Crippen LogP contribution in [-0.4, -0.2) is 43.6 Å². The van der Waals surface area contributed by atoms with Crippen molar-refractivity contribution in [2.75, 3.05) is 18.4 Å². The van der Waals surface area contributed by atoms with E-state index in [1.54, 1.807) is 16.9 Å². The lowest BCUT2D eigenvalue weighted by Crippen LogP contribution is -2.26. The van der Waals surface area contributed by atoms with Crippen molar-refractivity contribution in [1.82, 2.24) is 24.5 Å². The molecule has 3 aromatic rings. The molecule has 0 radical (unpaired) electrons. The number of halogens is 2. The summed E-state index contributed by atoms with van der Waals surface area (Å²) in [5.74, 6) is 0.859. The summed E-state index contributed by atoms with van der Waals surface area (Å²) >= 11 is 12.2. The van der Waals surface area contributed by atoms with Crippen molar-refractivity contribution in [3.05, 3.63) is 52.5 Å². The summed E-state index contributed by atoms with van der Waals surface area (Å²) in [6, 6.07) is 6.20. The number of nitrogens with zero attached hydrogens (tertiary/aromatic N) is 5. The first kappa shape index (κ1) is 15.6. The van der Waals surface area contributed by atoms with Gasteiger partial charge in [0, 0.05) is 44.3 Å². The molecule has 0 unspecified atom stereocenters. The number of pyridine rings is 1. The van der Waals surface area contributed by atoms with E-state index in [0.717, 1.165) is 43.1 Å². The first-order valence-corrected chi connectivity index (χ1v) is 8.53. The minimum atomic E-state index is 0.356. The van der Waals surface area contributed by atoms with Crippen LogP contribution < -0.4 is 5.32 Å². The third kappa shape index (κ3) is 3.17. The second-order valence-corrected chi connectivity index (χ2v) is 6.62. The number of likely N-dealkylation sites (tertiary alicyclic amines) is 1. The summed E-state index contributed by atoms with van der Waals surface area (Å²) in [5.41, 5.74) is 1.85. The van der Waals surface area contributed by atoms with Crippen LogP contribution in [-0.2, 0) is 6.54 Å². The average Bonchev–Trinajstić information content (AvgIpc) is 3.21. The number of fused-ring (bicyclic) bond motifs is 1. The molecule has 24 heavy (non-hydrogen) atoms. The summed E-state index contributed by atoms with van der Waals surface area (Å²) in [5, 5.41) is 8.91. The zero-order valence-electron chi connectivity index (χ0n) is 12.9. The zero-order chi connectivity index (χ0) is 16.5. The third-order valence-electron chi connectivity index (χ3n) is 4.20. The molecule has 6 nitrogen and oxygen atoms in total. The van der Waals surface area contributed by atoms with E-state index < -0.39 is 0 Å². The summed E-state index contributed by atoms with van der Waals surface area (Å²) < 4.78 is 1.77. The minimum absolute atomic E-state index is 0.356. The molecule has 1 atom stereocenters. The number of aromatic nitrogens is 4. The highest BCUT2D eigenvalue weighted by Gasteiger charge is 2.23. The van der Waals surface area contributed by atoms with Gasteiger partial charge in [0.15, 0.2) is 5.65 Å². The van der Waals surface area contributed by atoms with E-state index in [1.165, 1.54) is 0 Å². The largest absolute Gasteiger partial charge is 0.365 e. The Hall–Kier alpha value is -1.89. The van der Waals surface area contributed by atoms with Gasteiger partial charge in [-0.05, 0) is 30.2 Å². The lowest BCUT2D eigenvalue weighted by atomic mass is 10.2. The Kier molecular flexibility index (Phi) is 4.26. The van der Waals surface area contributed by atoms with Gasteiger partial charge in [0.05, 0.1) is 5.02 Å². The van der Waals surface area contributed by atoms with Gasteiger partial charge in [-0.2, -0.15) is 0 Å². The van der Waals surface area contributed by atoms with Gasteiger partial charge < -0.3 is 5.32 Å². The van der Waals surface area contributed by atoms with E-state index in [0.29, 0.717) is 16.2 Å². The van der Waals surface area contributed by atoms with Crippen molar-refractivity contribution in [3.8, 4) is 0 Å². The molecule has 8 heteroatoms. The van der Waals surface area contributed by atoms with Gasteiger partial charge in [-0.15, -0.1) is 5.10 Å². The van der Waals surface area contributed by atoms with E-state index in [1.807, 2.05) is 24.4 Å². The second kappa shape index (κ2) is 6.55. The van der Waals surface area contributed by atoms with Gasteiger partial charge in [-0.1, -0.05) is 23.2 Å². The molecule has 1 saturated heterocycles. The molecule has 0 aromatic carbocycles. The fraction of sp³-hybridized carbons (Fsp3) is 0.312. The maximum Gasteiger partial charge on any atom is 0.153 e. The van der Waals surface area contributed by atoms with Crippen molar-refractivity contribution in [2.24, 2.45) is 0 Å². The van der Waals surface area contributed by atoms with Gasteiger partial charge in [-0.25, -0.2) is 14.5 Å². The fourth-order valence-electron chi connectivity index (χ4n) is 3.01. The molecule has 4 heterocycles. The SMILES string of the molecule is Clc1nccc(CN2CC[C@@H](Nc3ccc4nccn4n3)C2)c1Cl. The smallest absolute Gasteiger partial charge is 0.153 e. The van der Waals surface area contributed by atoms with Crippen LogP contribution in [0.15, 0.2) is 36.8 Å². The number of hydrogen-bond acceptors (Lipinski definition) is 5. The van der Waals surface area contributed by atoms with Crippen LogP contribution in [0.2, 0.25) is 10.2 Å². The van der Waals surface area contributed by atoms with Gasteiger partial charge in [0.25, 0.3) is 0 Å². The quantitative estimate of drug-likeness (QED) is 0.722. The molecule has 4 rings (SSSR count). The molecule has 0 spiro atoms. The normalized spacial score (nSPS) is 18.3. The topological polar surface area (TPSA) is 58.4 Å². The number of rotatable bonds is 4. The predicted octanol–water partition coefficient (Wildman–Crippen LogP) is 3.12. The molecule has 0 amide bonds. The molecule has 1 N–H and O–H groups in total. The number of nitrogens with one attached hydrogen (secondary N) is 1. The summed E-state index contributed by atoms with van der Waals surface area (Å²) in [7, 11) is 0. The predicted molar refractivity (Wildman–Crippen MR) is 94.5 cm³/mol. The summed E-state index contributed by atoms with van der Waals surface area (Å²) in [6.07, 6.45) is 6.34. The van der Waals surface area contributed by atoms with Gasteiger partial charge >= 0.3 is 0 Å². The Bertz CT molecular complexity index is 865. The van der Waals surface area contributed by atoms with Gasteiger partial charge in [0.2, 0.25) is 0 Å². The fourth-order valence-corrected chi connectivity index (χ4v) is 3.36. The maximum atomic E-state index is 6.23. The Morgan fingerprint density at radius 1 is 1.17 bits per heavy atom. The Labute approximate surface area is 149 Å². The number of imidazole rings is 1. The summed E-state index contributed by atoms with van der Waals surface area (Å²) in [6.45, 7) is 2.70. The van der Waals surface area contributed by atoms with Crippen molar-refractivity contribution in [1.29, 1.82) is 0 Å². The highest BCUT2D eigenvalue weighted by molar-refractivity contribution is 6.41. The van der Waals surface area contributed by atoms with Crippen molar-refractivity contribution in [3.63, 3.8) is 0 Å². The molecule has 1 fully saturated rings. The van der Waals surface area contributed by atoms with E-state index in [4.69, 9.17) is 23.2 Å². The van der Waals surface area contributed by atoms with Crippen LogP contribution in [0.4, 0.5) is 5.82 Å². The molecule has 0 saturated carbocycles. The highest BCUT2D eigenvalue weighted by Crippen LogP contribution is 2.26. The Morgan fingerprint density at radius 2 is 2.08 bits per heavy atom. The molecule has 124 valence electrons. The molecule has 3 aromatic heterocycles. The van der Waals surface area contributed by atoms with Crippen LogP contribution in [0.1, 0.15) is 12.0 Å². The lowest BCUT2D eigenvalue weighted by molar-refractivity contribution is 0.328. The van der Waals surface area contributed by atoms with Crippen LogP contribution in [0.3, 0.4) is 0 Å². The van der Waals surface area contributed by atoms with Crippen LogP contribution >= 0.6 is 23.2 Å². The first-order valence-electron chi connectivity index (χ1n) is 7.77. The Balaban J connectivity index is 1.40. The molecule has 1 aliphatic rings. The van der Waals surface area contributed by atoms with Crippen molar-refractivity contribution in [2.45, 2.75) is 19.0 Å². The molecule has 1 aliphatic heterocycles. The molecule has 0 bridgehead atoms. The number of anilines is 1. The third-order valence-corrected chi connectivity index (χ3v) is 5.01. The van der Waals surface area contributed by atoms with Crippen molar-refractivity contribution >= 4 is 34.7 Å². The lowest BCUT2D eigenvalue weighted by Gasteiger charge is -2.18. The van der Waals surface area contributed by atoms with E-state index >= 15 is 0 Å². The minimum Gasteiger partial charge on any atom is -0.365 e. The van der Waals surface area contributed by atoms with Crippen LogP contribution in [0.5, 0.6) is 0 Å². The van der Waals surface area contributed by atoms with Crippen LogP contribution in [0, 0.1) is 0 Å². The van der Waals surface area contributed by atoms with Crippen LogP contribution in [0.25, 0.3) is 5.65 Å². The summed E-state index contributed by atoms with van der Waals surface area (Å²) in [4.78, 5) is 10.5. The number of hydrogen-bond donors (Lipinski definition) is 1. The highest BCUT2D eigenvalue weighted by atomic mass is 35.5. The van der Waals surface area contributed by atoms with Gasteiger partial charge in [0.1, 0.15) is 11.0 Å². The average molecular weight is 363 g/mol. The monoisotopic (exact) mass is 362 g/mol. The standard InChI is InChI=1S/C16H16Cl2N6/c17-15-11(3-5-20-16(15)18)9-23-7-4-12(10-23)21-13-1-2-14-19-6-8-24(14)22-13/h1-3,5-6,8,12H,4,7,9-10H2,(H,21,22)/t12-/m1/s1. The second-order valence-electron chi connectivity index (χ2n) is 5.89. The maximum absolute atomic E-state index is 6.23. The first-order chi connectivity index (χ1) is 11.7.